The Morgan fingerprint density at radius 1 is 0.667 bits per heavy atom. The van der Waals surface area contributed by atoms with Crippen LogP contribution in [0.3, 0.4) is 0 Å². The Morgan fingerprint density at radius 3 is 1.77 bits per heavy atom. The summed E-state index contributed by atoms with van der Waals surface area (Å²) < 4.78 is 80.8. The van der Waals surface area contributed by atoms with Crippen LogP contribution in [0, 0.1) is 25.5 Å². The number of anilines is 2. The van der Waals surface area contributed by atoms with Gasteiger partial charge in [-0.25, -0.2) is 25.6 Å². The predicted molar refractivity (Wildman–Crippen MR) is 110 cm³/mol. The molecule has 10 heteroatoms. The number of rotatable bonds is 6. The van der Waals surface area contributed by atoms with E-state index in [4.69, 9.17) is 0 Å². The lowest BCUT2D eigenvalue weighted by atomic mass is 10.2. The van der Waals surface area contributed by atoms with Crippen molar-refractivity contribution in [2.75, 3.05) is 9.44 Å². The molecule has 3 rings (SSSR count). The molecule has 0 atom stereocenters. The number of hydrogen-bond acceptors (Lipinski definition) is 4. The summed E-state index contributed by atoms with van der Waals surface area (Å²) in [4.78, 5) is -0.308. The fourth-order valence-electron chi connectivity index (χ4n) is 2.78. The highest BCUT2D eigenvalue weighted by molar-refractivity contribution is 7.93. The summed E-state index contributed by atoms with van der Waals surface area (Å²) in [5.41, 5.74) is 1.88. The highest BCUT2D eigenvalue weighted by Crippen LogP contribution is 2.23. The monoisotopic (exact) mass is 452 g/mol. The third-order valence-electron chi connectivity index (χ3n) is 4.21. The molecular weight excluding hydrogens is 434 g/mol. The summed E-state index contributed by atoms with van der Waals surface area (Å²) in [6, 6.07) is 12.6. The van der Waals surface area contributed by atoms with Gasteiger partial charge in [-0.05, 0) is 67.9 Å². The molecule has 0 aromatic heterocycles. The second kappa shape index (κ2) is 8.04. The van der Waals surface area contributed by atoms with Gasteiger partial charge in [-0.1, -0.05) is 17.7 Å². The van der Waals surface area contributed by atoms with Crippen LogP contribution < -0.4 is 9.44 Å². The van der Waals surface area contributed by atoms with Crippen molar-refractivity contribution < 1.29 is 25.6 Å². The van der Waals surface area contributed by atoms with Crippen LogP contribution in [0.4, 0.5) is 20.2 Å². The molecule has 0 saturated carbocycles. The molecule has 158 valence electrons. The van der Waals surface area contributed by atoms with E-state index in [2.05, 4.69) is 9.44 Å². The highest BCUT2D eigenvalue weighted by atomic mass is 32.2. The number of aryl methyl sites for hydroxylation is 2. The number of benzene rings is 3. The summed E-state index contributed by atoms with van der Waals surface area (Å²) in [6.45, 7) is 3.55. The molecule has 0 spiro atoms. The molecule has 30 heavy (non-hydrogen) atoms. The van der Waals surface area contributed by atoms with Crippen LogP contribution in [0.1, 0.15) is 11.1 Å². The number of nitrogens with one attached hydrogen (secondary N) is 2. The van der Waals surface area contributed by atoms with Gasteiger partial charge in [-0.2, -0.15) is 0 Å². The fourth-order valence-corrected chi connectivity index (χ4v) is 5.13. The highest BCUT2D eigenvalue weighted by Gasteiger charge is 2.18. The van der Waals surface area contributed by atoms with Gasteiger partial charge >= 0.3 is 0 Å². The van der Waals surface area contributed by atoms with E-state index in [0.717, 1.165) is 17.7 Å². The summed E-state index contributed by atoms with van der Waals surface area (Å²) in [5.74, 6) is -2.44. The zero-order valence-corrected chi connectivity index (χ0v) is 17.6. The Morgan fingerprint density at radius 2 is 1.23 bits per heavy atom. The van der Waals surface area contributed by atoms with Crippen LogP contribution in [0.15, 0.2) is 70.5 Å². The Hall–Kier alpha value is -2.98. The van der Waals surface area contributed by atoms with Crippen LogP contribution in [-0.4, -0.2) is 16.8 Å². The maximum absolute atomic E-state index is 13.3. The van der Waals surface area contributed by atoms with Crippen molar-refractivity contribution >= 4 is 31.4 Å². The van der Waals surface area contributed by atoms with Gasteiger partial charge in [0.05, 0.1) is 9.79 Å². The quantitative estimate of drug-likeness (QED) is 0.587. The maximum atomic E-state index is 13.3. The second-order valence-electron chi connectivity index (χ2n) is 6.63. The van der Waals surface area contributed by atoms with Gasteiger partial charge < -0.3 is 0 Å². The normalized spacial score (nSPS) is 11.9. The van der Waals surface area contributed by atoms with E-state index >= 15 is 0 Å². The van der Waals surface area contributed by atoms with E-state index in [1.807, 2.05) is 6.92 Å². The lowest BCUT2D eigenvalue weighted by Crippen LogP contribution is -2.15. The van der Waals surface area contributed by atoms with Crippen molar-refractivity contribution in [3.63, 3.8) is 0 Å². The van der Waals surface area contributed by atoms with Gasteiger partial charge in [0.25, 0.3) is 20.0 Å². The average Bonchev–Trinajstić information content (AvgIpc) is 2.64. The standard InChI is InChI=1S/C20H18F2N2O4S2/c1-13-3-10-20(14(2)11-13)30(27,28)24-16-6-4-15(5-7-16)23-29(25,26)17-8-9-18(21)19(22)12-17/h3-12,23-24H,1-2H3. The average molecular weight is 453 g/mol. The van der Waals surface area contributed by atoms with Crippen LogP contribution in [0.25, 0.3) is 0 Å². The Kier molecular flexibility index (Phi) is 5.82. The van der Waals surface area contributed by atoms with Gasteiger partial charge in [-0.15, -0.1) is 0 Å². The first kappa shape index (κ1) is 21.7. The summed E-state index contributed by atoms with van der Waals surface area (Å²) >= 11 is 0. The molecular formula is C20H18F2N2O4S2. The summed E-state index contributed by atoms with van der Waals surface area (Å²) in [5, 5.41) is 0. The minimum Gasteiger partial charge on any atom is -0.280 e. The predicted octanol–water partition coefficient (Wildman–Crippen LogP) is 4.18. The summed E-state index contributed by atoms with van der Waals surface area (Å²) in [6.07, 6.45) is 0. The molecule has 0 unspecified atom stereocenters. The zero-order valence-electron chi connectivity index (χ0n) is 16.0. The summed E-state index contributed by atoms with van der Waals surface area (Å²) in [7, 11) is -7.98. The first-order chi connectivity index (χ1) is 14.0. The smallest absolute Gasteiger partial charge is 0.262 e. The molecule has 3 aromatic rings. The van der Waals surface area contributed by atoms with Gasteiger partial charge in [0.15, 0.2) is 11.6 Å². The van der Waals surface area contributed by atoms with Crippen LogP contribution in [0.5, 0.6) is 0 Å². The minimum atomic E-state index is -4.15. The first-order valence-electron chi connectivity index (χ1n) is 8.66. The fraction of sp³-hybridized carbons (Fsp3) is 0.100. The zero-order chi connectivity index (χ0) is 22.1. The van der Waals surface area contributed by atoms with Gasteiger partial charge in [0.2, 0.25) is 0 Å². The molecule has 0 aliphatic rings. The van der Waals surface area contributed by atoms with E-state index in [1.165, 1.54) is 30.3 Å². The van der Waals surface area contributed by atoms with Crippen molar-refractivity contribution in [2.45, 2.75) is 23.6 Å². The molecule has 6 nitrogen and oxygen atoms in total. The van der Waals surface area contributed by atoms with Crippen molar-refractivity contribution in [1.29, 1.82) is 0 Å². The molecule has 2 N–H and O–H groups in total. The lowest BCUT2D eigenvalue weighted by Gasteiger charge is -2.12. The largest absolute Gasteiger partial charge is 0.280 e. The van der Waals surface area contributed by atoms with Crippen LogP contribution in [-0.2, 0) is 20.0 Å². The van der Waals surface area contributed by atoms with Gasteiger partial charge in [0, 0.05) is 11.4 Å². The number of halogens is 2. The first-order valence-corrected chi connectivity index (χ1v) is 11.6. The molecule has 0 bridgehead atoms. The van der Waals surface area contributed by atoms with Gasteiger partial charge in [0.1, 0.15) is 0 Å². The molecule has 0 radical (unpaired) electrons. The maximum Gasteiger partial charge on any atom is 0.262 e. The number of sulfonamides is 2. The lowest BCUT2D eigenvalue weighted by molar-refractivity contribution is 0.504. The van der Waals surface area contributed by atoms with Crippen LogP contribution >= 0.6 is 0 Å². The third kappa shape index (κ3) is 4.77. The molecule has 0 fully saturated rings. The second-order valence-corrected chi connectivity index (χ2v) is 9.97. The molecule has 3 aromatic carbocycles. The van der Waals surface area contributed by atoms with E-state index < -0.39 is 36.6 Å². The van der Waals surface area contributed by atoms with E-state index in [9.17, 15) is 25.6 Å². The Labute approximate surface area is 173 Å². The molecule has 0 aliphatic carbocycles. The van der Waals surface area contributed by atoms with Crippen molar-refractivity contribution in [2.24, 2.45) is 0 Å². The molecule has 0 amide bonds. The third-order valence-corrected chi connectivity index (χ3v) is 7.13. The topological polar surface area (TPSA) is 92.3 Å². The van der Waals surface area contributed by atoms with Crippen molar-refractivity contribution in [3.8, 4) is 0 Å². The molecule has 0 heterocycles. The SMILES string of the molecule is Cc1ccc(S(=O)(=O)Nc2ccc(NS(=O)(=O)c3ccc(F)c(F)c3)cc2)c(C)c1. The van der Waals surface area contributed by atoms with Crippen molar-refractivity contribution in [1.82, 2.24) is 0 Å². The van der Waals surface area contributed by atoms with E-state index in [1.54, 1.807) is 19.1 Å². The minimum absolute atomic E-state index is 0.120. The number of hydrogen-bond donors (Lipinski definition) is 2. The Balaban J connectivity index is 1.78. The van der Waals surface area contributed by atoms with E-state index in [0.29, 0.717) is 11.6 Å². The van der Waals surface area contributed by atoms with Crippen LogP contribution in [0.2, 0.25) is 0 Å². The van der Waals surface area contributed by atoms with Gasteiger partial charge in [-0.3, -0.25) is 9.44 Å². The Bertz CT molecular complexity index is 1310. The van der Waals surface area contributed by atoms with E-state index in [-0.39, 0.29) is 16.3 Å². The van der Waals surface area contributed by atoms with Crippen molar-refractivity contribution in [3.05, 3.63) is 83.4 Å². The molecule has 0 saturated heterocycles. The molecule has 0 aliphatic heterocycles.